The van der Waals surface area contributed by atoms with Gasteiger partial charge in [-0.3, -0.25) is 19.8 Å². The lowest BCUT2D eigenvalue weighted by molar-refractivity contribution is -0.385. The van der Waals surface area contributed by atoms with Gasteiger partial charge < -0.3 is 9.40 Å². The van der Waals surface area contributed by atoms with Gasteiger partial charge in [-0.2, -0.15) is 0 Å². The molecule has 0 radical (unpaired) electrons. The summed E-state index contributed by atoms with van der Waals surface area (Å²) in [6, 6.07) is 8.10. The molecule has 0 saturated heterocycles. The number of aromatic nitrogens is 2. The van der Waals surface area contributed by atoms with Gasteiger partial charge in [-0.05, 0) is 24.3 Å². The second-order valence-electron chi connectivity index (χ2n) is 6.31. The van der Waals surface area contributed by atoms with Crippen molar-refractivity contribution in [2.75, 3.05) is 6.54 Å². The van der Waals surface area contributed by atoms with Crippen LogP contribution in [0.1, 0.15) is 16.8 Å². The number of furan rings is 1. The van der Waals surface area contributed by atoms with Crippen molar-refractivity contribution in [1.82, 2.24) is 14.9 Å². The van der Waals surface area contributed by atoms with Crippen LogP contribution < -0.4 is 5.56 Å². The lowest BCUT2D eigenvalue weighted by Gasteiger charge is -2.27. The number of H-pyrrole nitrogens is 1. The number of hydrogen-bond acceptors (Lipinski definition) is 6. The van der Waals surface area contributed by atoms with Crippen molar-refractivity contribution in [2.24, 2.45) is 0 Å². The number of nitro groups is 1. The minimum absolute atomic E-state index is 0.0199. The molecule has 1 aliphatic rings. The fourth-order valence-electron chi connectivity index (χ4n) is 3.23. The SMILES string of the molecule is O=c1[nH]c(-c2ccco2)nc2c1CN(Cc1ccc(Cl)cc1[N+](=O)[O-])CC2. The van der Waals surface area contributed by atoms with Crippen molar-refractivity contribution < 1.29 is 9.34 Å². The van der Waals surface area contributed by atoms with Crippen molar-refractivity contribution in [3.05, 3.63) is 78.9 Å². The fraction of sp³-hybridized carbons (Fsp3) is 0.222. The molecule has 3 aromatic rings. The van der Waals surface area contributed by atoms with Gasteiger partial charge in [-0.25, -0.2) is 4.98 Å². The molecule has 3 heterocycles. The molecule has 4 rings (SSSR count). The first-order valence-electron chi connectivity index (χ1n) is 8.32. The predicted octanol–water partition coefficient (Wildman–Crippen LogP) is 3.15. The minimum atomic E-state index is -0.441. The summed E-state index contributed by atoms with van der Waals surface area (Å²) in [6.07, 6.45) is 2.10. The molecule has 1 aromatic carbocycles. The van der Waals surface area contributed by atoms with Gasteiger partial charge in [0.25, 0.3) is 11.2 Å². The third-order valence-corrected chi connectivity index (χ3v) is 4.78. The van der Waals surface area contributed by atoms with Gasteiger partial charge in [0.2, 0.25) is 0 Å². The Morgan fingerprint density at radius 3 is 2.96 bits per heavy atom. The van der Waals surface area contributed by atoms with Crippen LogP contribution in [0.25, 0.3) is 11.6 Å². The van der Waals surface area contributed by atoms with Gasteiger partial charge in [0.15, 0.2) is 11.6 Å². The number of fused-ring (bicyclic) bond motifs is 1. The van der Waals surface area contributed by atoms with Gasteiger partial charge in [0.05, 0.1) is 22.4 Å². The summed E-state index contributed by atoms with van der Waals surface area (Å²) in [6.45, 7) is 1.36. The number of hydrogen-bond donors (Lipinski definition) is 1. The Balaban J connectivity index is 1.59. The van der Waals surface area contributed by atoms with Gasteiger partial charge in [0.1, 0.15) is 0 Å². The van der Waals surface area contributed by atoms with Crippen LogP contribution in [-0.4, -0.2) is 26.3 Å². The Morgan fingerprint density at radius 1 is 1.37 bits per heavy atom. The number of nitro benzene ring substituents is 1. The number of rotatable bonds is 4. The van der Waals surface area contributed by atoms with Crippen molar-refractivity contribution in [3.8, 4) is 11.6 Å². The Hall–Kier alpha value is -2.97. The molecule has 0 amide bonds. The second-order valence-corrected chi connectivity index (χ2v) is 6.74. The van der Waals surface area contributed by atoms with Crippen LogP contribution in [0, 0.1) is 10.1 Å². The van der Waals surface area contributed by atoms with Crippen molar-refractivity contribution in [2.45, 2.75) is 19.5 Å². The summed E-state index contributed by atoms with van der Waals surface area (Å²) in [7, 11) is 0. The molecule has 0 aliphatic carbocycles. The lowest BCUT2D eigenvalue weighted by atomic mass is 10.1. The van der Waals surface area contributed by atoms with E-state index < -0.39 is 4.92 Å². The molecule has 1 aliphatic heterocycles. The summed E-state index contributed by atoms with van der Waals surface area (Å²) in [5.41, 5.74) is 1.62. The molecule has 0 fully saturated rings. The fourth-order valence-corrected chi connectivity index (χ4v) is 3.39. The van der Waals surface area contributed by atoms with Crippen LogP contribution in [0.4, 0.5) is 5.69 Å². The Labute approximate surface area is 158 Å². The Morgan fingerprint density at radius 2 is 2.22 bits per heavy atom. The zero-order chi connectivity index (χ0) is 19.0. The summed E-state index contributed by atoms with van der Waals surface area (Å²) in [4.78, 5) is 32.6. The highest BCUT2D eigenvalue weighted by Gasteiger charge is 2.24. The molecule has 138 valence electrons. The van der Waals surface area contributed by atoms with Gasteiger partial charge in [-0.15, -0.1) is 0 Å². The molecule has 0 unspecified atom stereocenters. The van der Waals surface area contributed by atoms with E-state index in [2.05, 4.69) is 9.97 Å². The highest BCUT2D eigenvalue weighted by Crippen LogP contribution is 2.26. The minimum Gasteiger partial charge on any atom is -0.461 e. The standard InChI is InChI=1S/C18H15ClN4O4/c19-12-4-3-11(15(8-12)23(25)26)9-22-6-5-14-13(10-22)18(24)21-17(20-14)16-2-1-7-27-16/h1-4,7-8H,5-6,9-10H2,(H,20,21,24). The second kappa shape index (κ2) is 6.98. The summed E-state index contributed by atoms with van der Waals surface area (Å²) in [5.74, 6) is 0.916. The smallest absolute Gasteiger partial charge is 0.275 e. The first kappa shape index (κ1) is 17.4. The van der Waals surface area contributed by atoms with E-state index in [4.69, 9.17) is 16.0 Å². The summed E-state index contributed by atoms with van der Waals surface area (Å²) >= 11 is 5.87. The van der Waals surface area contributed by atoms with Gasteiger partial charge in [-0.1, -0.05) is 11.6 Å². The highest BCUT2D eigenvalue weighted by molar-refractivity contribution is 6.30. The van der Waals surface area contributed by atoms with E-state index in [0.29, 0.717) is 53.8 Å². The zero-order valence-electron chi connectivity index (χ0n) is 14.1. The van der Waals surface area contributed by atoms with E-state index in [1.165, 1.54) is 12.3 Å². The molecule has 8 nitrogen and oxygen atoms in total. The third-order valence-electron chi connectivity index (χ3n) is 4.54. The van der Waals surface area contributed by atoms with Crippen LogP contribution in [0.3, 0.4) is 0 Å². The maximum absolute atomic E-state index is 12.5. The predicted molar refractivity (Wildman–Crippen MR) is 98.5 cm³/mol. The van der Waals surface area contributed by atoms with E-state index in [1.807, 2.05) is 4.90 Å². The maximum Gasteiger partial charge on any atom is 0.275 e. The van der Waals surface area contributed by atoms with Crippen LogP contribution in [0.5, 0.6) is 0 Å². The third kappa shape index (κ3) is 3.49. The number of aromatic amines is 1. The van der Waals surface area contributed by atoms with Crippen molar-refractivity contribution in [1.29, 1.82) is 0 Å². The molecule has 27 heavy (non-hydrogen) atoms. The number of nitrogens with zero attached hydrogens (tertiary/aromatic N) is 3. The van der Waals surface area contributed by atoms with E-state index >= 15 is 0 Å². The molecule has 0 atom stereocenters. The first-order valence-corrected chi connectivity index (χ1v) is 8.70. The highest BCUT2D eigenvalue weighted by atomic mass is 35.5. The van der Waals surface area contributed by atoms with Crippen LogP contribution in [0.15, 0.2) is 45.8 Å². The summed E-state index contributed by atoms with van der Waals surface area (Å²) < 4.78 is 5.29. The number of nitrogens with one attached hydrogen (secondary N) is 1. The quantitative estimate of drug-likeness (QED) is 0.545. The normalized spacial score (nSPS) is 14.1. The lowest BCUT2D eigenvalue weighted by Crippen LogP contribution is -2.35. The van der Waals surface area contributed by atoms with Crippen molar-refractivity contribution in [3.63, 3.8) is 0 Å². The monoisotopic (exact) mass is 386 g/mol. The molecule has 0 bridgehead atoms. The maximum atomic E-state index is 12.5. The van der Waals surface area contributed by atoms with E-state index in [9.17, 15) is 14.9 Å². The van der Waals surface area contributed by atoms with Crippen LogP contribution >= 0.6 is 11.6 Å². The molecule has 0 spiro atoms. The largest absolute Gasteiger partial charge is 0.461 e. The molecule has 0 saturated carbocycles. The molecule has 2 aromatic heterocycles. The number of benzene rings is 1. The number of halogens is 1. The van der Waals surface area contributed by atoms with Crippen LogP contribution in [-0.2, 0) is 19.5 Å². The Kier molecular flexibility index (Phi) is 4.51. The van der Waals surface area contributed by atoms with Crippen LogP contribution in [0.2, 0.25) is 5.02 Å². The zero-order valence-corrected chi connectivity index (χ0v) is 14.9. The van der Waals surface area contributed by atoms with E-state index in [-0.39, 0.29) is 11.2 Å². The van der Waals surface area contributed by atoms with Crippen molar-refractivity contribution >= 4 is 17.3 Å². The first-order chi connectivity index (χ1) is 13.0. The topological polar surface area (TPSA) is 105 Å². The Bertz CT molecular complexity index is 1060. The average molecular weight is 387 g/mol. The van der Waals surface area contributed by atoms with Gasteiger partial charge in [0, 0.05) is 42.7 Å². The van der Waals surface area contributed by atoms with Gasteiger partial charge >= 0.3 is 0 Å². The average Bonchev–Trinajstić information content (AvgIpc) is 3.18. The molecule has 1 N–H and O–H groups in total. The van der Waals surface area contributed by atoms with E-state index in [0.717, 1.165) is 5.69 Å². The van der Waals surface area contributed by atoms with E-state index in [1.54, 1.807) is 24.3 Å². The molecule has 9 heteroatoms. The molecular weight excluding hydrogens is 372 g/mol. The molecular formula is C18H15ClN4O4. The summed E-state index contributed by atoms with van der Waals surface area (Å²) in [5, 5.41) is 11.6.